The standard InChI is InChI=1S/C23H13F2N3O2S/c24-13-5-9-15(10-6-13)26-23-28(16-11-7-14(25)8-12-16)22(30)20(31-23)19-17-3-1-2-4-18(17)27-21(19)29/h1-12,30H. The van der Waals surface area contributed by atoms with Crippen LogP contribution < -0.4 is 15.4 Å². The third-order valence-corrected chi connectivity index (χ3v) is 5.82. The van der Waals surface area contributed by atoms with E-state index < -0.39 is 17.5 Å². The van der Waals surface area contributed by atoms with Crippen LogP contribution in [0.2, 0.25) is 0 Å². The van der Waals surface area contributed by atoms with Gasteiger partial charge in [0.15, 0.2) is 4.80 Å². The number of fused-ring (bicyclic) bond motifs is 1. The Balaban J connectivity index is 1.81. The second kappa shape index (κ2) is 7.41. The van der Waals surface area contributed by atoms with Crippen molar-refractivity contribution in [1.29, 1.82) is 0 Å². The first-order valence-corrected chi connectivity index (χ1v) is 10.1. The predicted molar refractivity (Wildman–Crippen MR) is 112 cm³/mol. The normalized spacial score (nSPS) is 13.4. The van der Waals surface area contributed by atoms with Crippen LogP contribution in [-0.4, -0.2) is 15.6 Å². The van der Waals surface area contributed by atoms with Crippen molar-refractivity contribution in [2.24, 2.45) is 9.98 Å². The average molecular weight is 433 g/mol. The van der Waals surface area contributed by atoms with E-state index in [1.54, 1.807) is 24.3 Å². The van der Waals surface area contributed by atoms with Crippen LogP contribution in [0.15, 0.2) is 82.8 Å². The summed E-state index contributed by atoms with van der Waals surface area (Å²) >= 11 is 1.09. The SMILES string of the molecule is O=C1N=c2ccccc2=C1c1sc(=Nc2ccc(F)cc2)n(-c2ccc(F)cc2)c1O. The Kier molecular flexibility index (Phi) is 4.56. The molecule has 1 aliphatic rings. The molecule has 152 valence electrons. The molecule has 5 rings (SSSR count). The molecule has 0 aliphatic carbocycles. The Hall–Kier alpha value is -3.91. The zero-order valence-corrected chi connectivity index (χ0v) is 16.6. The highest BCUT2D eigenvalue weighted by Gasteiger charge is 2.26. The van der Waals surface area contributed by atoms with Gasteiger partial charge in [0.1, 0.15) is 16.5 Å². The van der Waals surface area contributed by atoms with Crippen molar-refractivity contribution in [1.82, 2.24) is 4.57 Å². The molecule has 1 aromatic heterocycles. The highest BCUT2D eigenvalue weighted by molar-refractivity contribution is 7.11. The molecular formula is C23H13F2N3O2S. The van der Waals surface area contributed by atoms with E-state index in [0.29, 0.717) is 31.6 Å². The van der Waals surface area contributed by atoms with E-state index in [-0.39, 0.29) is 11.5 Å². The summed E-state index contributed by atoms with van der Waals surface area (Å²) in [5.74, 6) is -1.50. The third kappa shape index (κ3) is 3.36. The number of carbonyl (C=O) groups excluding carboxylic acids is 1. The summed E-state index contributed by atoms with van der Waals surface area (Å²) in [4.78, 5) is 21.8. The molecule has 0 radical (unpaired) electrons. The van der Waals surface area contributed by atoms with Crippen LogP contribution in [0.5, 0.6) is 5.88 Å². The van der Waals surface area contributed by atoms with Gasteiger partial charge in [-0.05, 0) is 54.6 Å². The quantitative estimate of drug-likeness (QED) is 0.540. The lowest BCUT2D eigenvalue weighted by Crippen LogP contribution is -2.22. The minimum atomic E-state index is -0.461. The van der Waals surface area contributed by atoms with Gasteiger partial charge >= 0.3 is 0 Å². The van der Waals surface area contributed by atoms with Crippen LogP contribution in [0.4, 0.5) is 14.5 Å². The summed E-state index contributed by atoms with van der Waals surface area (Å²) in [5.41, 5.74) is 1.19. The molecule has 4 aromatic rings. The van der Waals surface area contributed by atoms with Crippen molar-refractivity contribution >= 4 is 28.5 Å². The van der Waals surface area contributed by atoms with Crippen LogP contribution in [-0.2, 0) is 4.79 Å². The number of aromatic nitrogens is 1. The number of benzene rings is 3. The number of rotatable bonds is 3. The molecular weight excluding hydrogens is 420 g/mol. The first-order valence-electron chi connectivity index (χ1n) is 9.25. The lowest BCUT2D eigenvalue weighted by Gasteiger charge is -2.06. The van der Waals surface area contributed by atoms with Gasteiger partial charge in [0.2, 0.25) is 5.88 Å². The zero-order chi connectivity index (χ0) is 21.5. The Morgan fingerprint density at radius 2 is 1.55 bits per heavy atom. The number of para-hydroxylation sites is 1. The Morgan fingerprint density at radius 3 is 2.26 bits per heavy atom. The molecule has 2 heterocycles. The maximum absolute atomic E-state index is 13.5. The largest absolute Gasteiger partial charge is 0.493 e. The summed E-state index contributed by atoms with van der Waals surface area (Å²) in [6.07, 6.45) is 0. The predicted octanol–water partition coefficient (Wildman–Crippen LogP) is 3.11. The Morgan fingerprint density at radius 1 is 0.903 bits per heavy atom. The van der Waals surface area contributed by atoms with Gasteiger partial charge in [-0.1, -0.05) is 29.5 Å². The van der Waals surface area contributed by atoms with Crippen LogP contribution in [0, 0.1) is 11.6 Å². The highest BCUT2D eigenvalue weighted by Crippen LogP contribution is 2.31. The first kappa shape index (κ1) is 19.1. The van der Waals surface area contributed by atoms with E-state index in [1.165, 1.54) is 53.1 Å². The second-order valence-corrected chi connectivity index (χ2v) is 7.72. The fourth-order valence-corrected chi connectivity index (χ4v) is 4.44. The lowest BCUT2D eigenvalue weighted by atomic mass is 10.1. The molecule has 0 unspecified atom stereocenters. The number of thiazole rings is 1. The fraction of sp³-hybridized carbons (Fsp3) is 0. The number of amides is 1. The van der Waals surface area contributed by atoms with Crippen molar-refractivity contribution in [3.8, 4) is 11.6 Å². The first-order chi connectivity index (χ1) is 15.0. The van der Waals surface area contributed by atoms with Crippen molar-refractivity contribution in [3.05, 3.63) is 105 Å². The van der Waals surface area contributed by atoms with Crippen LogP contribution in [0.25, 0.3) is 11.3 Å². The van der Waals surface area contributed by atoms with Gasteiger partial charge in [-0.3, -0.25) is 9.36 Å². The minimum Gasteiger partial charge on any atom is -0.493 e. The Bertz CT molecular complexity index is 1520. The molecule has 31 heavy (non-hydrogen) atoms. The molecule has 0 bridgehead atoms. The number of aromatic hydroxyl groups is 1. The number of hydrogen-bond acceptors (Lipinski definition) is 4. The number of hydrogen-bond donors (Lipinski definition) is 1. The summed E-state index contributed by atoms with van der Waals surface area (Å²) in [6.45, 7) is 0. The molecule has 1 amide bonds. The van der Waals surface area contributed by atoms with Gasteiger partial charge < -0.3 is 5.11 Å². The molecule has 0 saturated carbocycles. The number of nitrogens with zero attached hydrogens (tertiary/aromatic N) is 3. The van der Waals surface area contributed by atoms with Gasteiger partial charge in [0.05, 0.1) is 22.3 Å². The minimum absolute atomic E-state index is 0.215. The van der Waals surface area contributed by atoms with Crippen LogP contribution in [0.3, 0.4) is 0 Å². The van der Waals surface area contributed by atoms with E-state index in [4.69, 9.17) is 0 Å². The van der Waals surface area contributed by atoms with E-state index in [9.17, 15) is 18.7 Å². The zero-order valence-electron chi connectivity index (χ0n) is 15.8. The number of halogens is 2. The molecule has 1 aliphatic heterocycles. The van der Waals surface area contributed by atoms with Gasteiger partial charge in [-0.25, -0.2) is 18.8 Å². The molecule has 3 aromatic carbocycles. The summed E-state index contributed by atoms with van der Waals surface area (Å²) in [5, 5.41) is 12.2. The lowest BCUT2D eigenvalue weighted by molar-refractivity contribution is -0.112. The maximum atomic E-state index is 13.5. The van der Waals surface area contributed by atoms with E-state index in [1.807, 2.05) is 0 Å². The van der Waals surface area contributed by atoms with Crippen molar-refractivity contribution in [2.75, 3.05) is 0 Å². The van der Waals surface area contributed by atoms with E-state index in [2.05, 4.69) is 9.98 Å². The summed E-state index contributed by atoms with van der Waals surface area (Å²) < 4.78 is 28.2. The monoisotopic (exact) mass is 433 g/mol. The topological polar surface area (TPSA) is 67.0 Å². The van der Waals surface area contributed by atoms with Crippen molar-refractivity contribution in [2.45, 2.75) is 0 Å². The average Bonchev–Trinajstić information content (AvgIpc) is 3.26. The highest BCUT2D eigenvalue weighted by atomic mass is 32.1. The smallest absolute Gasteiger partial charge is 0.279 e. The number of carbonyl (C=O) groups is 1. The Labute approximate surface area is 178 Å². The maximum Gasteiger partial charge on any atom is 0.279 e. The molecule has 0 fully saturated rings. The third-order valence-electron chi connectivity index (χ3n) is 4.77. The van der Waals surface area contributed by atoms with E-state index >= 15 is 0 Å². The van der Waals surface area contributed by atoms with Crippen molar-refractivity contribution in [3.63, 3.8) is 0 Å². The van der Waals surface area contributed by atoms with E-state index in [0.717, 1.165) is 11.3 Å². The van der Waals surface area contributed by atoms with Gasteiger partial charge in [0.25, 0.3) is 5.91 Å². The molecule has 8 heteroatoms. The van der Waals surface area contributed by atoms with Gasteiger partial charge in [0, 0.05) is 5.22 Å². The molecule has 0 atom stereocenters. The second-order valence-electron chi connectivity index (χ2n) is 6.75. The fourth-order valence-electron chi connectivity index (χ4n) is 3.34. The molecule has 1 N–H and O–H groups in total. The van der Waals surface area contributed by atoms with Gasteiger partial charge in [-0.15, -0.1) is 0 Å². The molecule has 0 spiro atoms. The van der Waals surface area contributed by atoms with Crippen LogP contribution in [0.1, 0.15) is 4.88 Å². The summed E-state index contributed by atoms with van der Waals surface area (Å²) in [7, 11) is 0. The molecule has 0 saturated heterocycles. The van der Waals surface area contributed by atoms with Crippen LogP contribution >= 0.6 is 11.3 Å². The summed E-state index contributed by atoms with van der Waals surface area (Å²) in [6, 6.07) is 18.1. The van der Waals surface area contributed by atoms with Gasteiger partial charge in [-0.2, -0.15) is 0 Å². The van der Waals surface area contributed by atoms with Crippen molar-refractivity contribution < 1.29 is 18.7 Å². The molecule has 5 nitrogen and oxygen atoms in total.